The maximum Gasteiger partial charge on any atom is 0.269 e. The first-order valence-electron chi connectivity index (χ1n) is 4.18. The lowest BCUT2D eigenvalue weighted by atomic mass is 10.1. The highest BCUT2D eigenvalue weighted by atomic mass is 16.6. The van der Waals surface area contributed by atoms with Crippen LogP contribution in [0.25, 0.3) is 0 Å². The summed E-state index contributed by atoms with van der Waals surface area (Å²) in [5.41, 5.74) is 0.690. The average Bonchev–Trinajstić information content (AvgIpc) is 2.18. The maximum absolute atomic E-state index is 10.3. The largest absolute Gasteiger partial charge is 0.388 e. The van der Waals surface area contributed by atoms with E-state index in [9.17, 15) is 15.2 Å². The van der Waals surface area contributed by atoms with Gasteiger partial charge in [-0.2, -0.15) is 0 Å². The molecule has 14 heavy (non-hydrogen) atoms. The summed E-state index contributed by atoms with van der Waals surface area (Å²) in [4.78, 5) is 9.87. The van der Waals surface area contributed by atoms with Crippen LogP contribution in [0.2, 0.25) is 0 Å². The van der Waals surface area contributed by atoms with Crippen LogP contribution in [-0.4, -0.2) is 10.0 Å². The molecule has 0 spiro atoms. The molecule has 4 nitrogen and oxygen atoms in total. The van der Waals surface area contributed by atoms with E-state index in [-0.39, 0.29) is 5.69 Å². The van der Waals surface area contributed by atoms with Crippen molar-refractivity contribution in [3.63, 3.8) is 0 Å². The molecule has 0 unspecified atom stereocenters. The van der Waals surface area contributed by atoms with Crippen LogP contribution in [0.15, 0.2) is 36.9 Å². The summed E-state index contributed by atoms with van der Waals surface area (Å²) in [5, 5.41) is 19.8. The molecule has 1 N–H and O–H groups in total. The van der Waals surface area contributed by atoms with Crippen LogP contribution in [0.3, 0.4) is 0 Å². The molecular formula is C10H11NO3. The monoisotopic (exact) mass is 193 g/mol. The molecular weight excluding hydrogens is 182 g/mol. The van der Waals surface area contributed by atoms with E-state index in [2.05, 4.69) is 6.58 Å². The number of rotatable bonds is 4. The molecule has 0 amide bonds. The molecule has 0 radical (unpaired) electrons. The number of nitro groups is 1. The van der Waals surface area contributed by atoms with E-state index in [1.807, 2.05) is 0 Å². The Morgan fingerprint density at radius 1 is 1.50 bits per heavy atom. The van der Waals surface area contributed by atoms with Gasteiger partial charge in [0.05, 0.1) is 11.0 Å². The highest BCUT2D eigenvalue weighted by Crippen LogP contribution is 2.19. The van der Waals surface area contributed by atoms with E-state index in [1.165, 1.54) is 12.1 Å². The molecule has 74 valence electrons. The summed E-state index contributed by atoms with van der Waals surface area (Å²) < 4.78 is 0. The van der Waals surface area contributed by atoms with Gasteiger partial charge in [0.15, 0.2) is 0 Å². The topological polar surface area (TPSA) is 63.4 Å². The van der Waals surface area contributed by atoms with Crippen LogP contribution < -0.4 is 0 Å². The van der Waals surface area contributed by atoms with E-state index >= 15 is 0 Å². The highest BCUT2D eigenvalue weighted by Gasteiger charge is 2.08. The fraction of sp³-hybridized carbons (Fsp3) is 0.200. The second kappa shape index (κ2) is 4.53. The van der Waals surface area contributed by atoms with Crippen molar-refractivity contribution in [3.05, 3.63) is 52.6 Å². The Labute approximate surface area is 81.6 Å². The fourth-order valence-corrected chi connectivity index (χ4v) is 1.11. The van der Waals surface area contributed by atoms with Crippen molar-refractivity contribution in [2.24, 2.45) is 0 Å². The van der Waals surface area contributed by atoms with Gasteiger partial charge in [0.1, 0.15) is 0 Å². The molecule has 0 aromatic heterocycles. The van der Waals surface area contributed by atoms with Crippen molar-refractivity contribution < 1.29 is 10.0 Å². The average molecular weight is 193 g/mol. The molecule has 1 atom stereocenters. The first kappa shape index (κ1) is 10.4. The SMILES string of the molecule is C=CC[C@@H](O)c1ccc([N+](=O)[O-])cc1. The molecule has 0 aliphatic rings. The van der Waals surface area contributed by atoms with Gasteiger partial charge in [-0.05, 0) is 24.1 Å². The van der Waals surface area contributed by atoms with Crippen molar-refractivity contribution in [2.75, 3.05) is 0 Å². The number of nitrogens with zero attached hydrogens (tertiary/aromatic N) is 1. The lowest BCUT2D eigenvalue weighted by molar-refractivity contribution is -0.384. The standard InChI is InChI=1S/C10H11NO3/c1-2-3-10(12)8-4-6-9(7-5-8)11(13)14/h2,4-7,10,12H,1,3H2/t10-/m1/s1. The number of aliphatic hydroxyl groups excluding tert-OH is 1. The molecule has 0 saturated heterocycles. The molecule has 0 fully saturated rings. The molecule has 0 bridgehead atoms. The molecule has 1 rings (SSSR count). The normalized spacial score (nSPS) is 12.1. The summed E-state index contributed by atoms with van der Waals surface area (Å²) in [7, 11) is 0. The minimum absolute atomic E-state index is 0.0274. The number of hydrogen-bond donors (Lipinski definition) is 1. The number of non-ortho nitro benzene ring substituents is 1. The Hall–Kier alpha value is -1.68. The van der Waals surface area contributed by atoms with Gasteiger partial charge in [-0.1, -0.05) is 6.08 Å². The quantitative estimate of drug-likeness (QED) is 0.453. The first-order valence-corrected chi connectivity index (χ1v) is 4.18. The molecule has 0 aliphatic carbocycles. The van der Waals surface area contributed by atoms with Crippen LogP contribution in [-0.2, 0) is 0 Å². The van der Waals surface area contributed by atoms with Crippen LogP contribution in [0.5, 0.6) is 0 Å². The third kappa shape index (κ3) is 2.40. The van der Waals surface area contributed by atoms with Gasteiger partial charge in [-0.15, -0.1) is 6.58 Å². The Kier molecular flexibility index (Phi) is 3.36. The summed E-state index contributed by atoms with van der Waals surface area (Å²) in [6.07, 6.45) is 1.41. The summed E-state index contributed by atoms with van der Waals surface area (Å²) in [5.74, 6) is 0. The molecule has 1 aromatic carbocycles. The summed E-state index contributed by atoms with van der Waals surface area (Å²) in [6.45, 7) is 3.50. The molecule has 0 heterocycles. The molecule has 4 heteroatoms. The molecule has 0 saturated carbocycles. The highest BCUT2D eigenvalue weighted by molar-refractivity contribution is 5.33. The van der Waals surface area contributed by atoms with Gasteiger partial charge in [0, 0.05) is 12.1 Å². The van der Waals surface area contributed by atoms with Crippen LogP contribution in [0, 0.1) is 10.1 Å². The third-order valence-electron chi connectivity index (χ3n) is 1.88. The van der Waals surface area contributed by atoms with E-state index in [1.54, 1.807) is 18.2 Å². The van der Waals surface area contributed by atoms with Crippen LogP contribution in [0.1, 0.15) is 18.1 Å². The van der Waals surface area contributed by atoms with Gasteiger partial charge in [0.25, 0.3) is 5.69 Å². The predicted octanol–water partition coefficient (Wildman–Crippen LogP) is 2.20. The van der Waals surface area contributed by atoms with Crippen LogP contribution in [0.4, 0.5) is 5.69 Å². The van der Waals surface area contributed by atoms with Crippen molar-refractivity contribution in [2.45, 2.75) is 12.5 Å². The second-order valence-corrected chi connectivity index (χ2v) is 2.89. The Morgan fingerprint density at radius 3 is 2.50 bits per heavy atom. The lowest BCUT2D eigenvalue weighted by Crippen LogP contribution is -1.96. The number of aliphatic hydroxyl groups is 1. The Bertz CT molecular complexity index is 332. The van der Waals surface area contributed by atoms with E-state index < -0.39 is 11.0 Å². The minimum atomic E-state index is -0.631. The fourth-order valence-electron chi connectivity index (χ4n) is 1.11. The minimum Gasteiger partial charge on any atom is -0.388 e. The zero-order valence-corrected chi connectivity index (χ0v) is 7.59. The van der Waals surface area contributed by atoms with Crippen molar-refractivity contribution in [1.29, 1.82) is 0 Å². The molecule has 1 aromatic rings. The Morgan fingerprint density at radius 2 is 2.07 bits per heavy atom. The maximum atomic E-state index is 10.3. The number of nitro benzene ring substituents is 1. The summed E-state index contributed by atoms with van der Waals surface area (Å²) >= 11 is 0. The number of benzene rings is 1. The van der Waals surface area contributed by atoms with Gasteiger partial charge in [-0.3, -0.25) is 10.1 Å². The van der Waals surface area contributed by atoms with E-state index in [0.29, 0.717) is 12.0 Å². The van der Waals surface area contributed by atoms with Gasteiger partial charge < -0.3 is 5.11 Å². The van der Waals surface area contributed by atoms with Gasteiger partial charge in [0.2, 0.25) is 0 Å². The predicted molar refractivity (Wildman–Crippen MR) is 52.9 cm³/mol. The van der Waals surface area contributed by atoms with Crippen LogP contribution >= 0.6 is 0 Å². The zero-order chi connectivity index (χ0) is 10.6. The second-order valence-electron chi connectivity index (χ2n) is 2.89. The van der Waals surface area contributed by atoms with Crippen molar-refractivity contribution >= 4 is 5.69 Å². The van der Waals surface area contributed by atoms with E-state index in [4.69, 9.17) is 0 Å². The van der Waals surface area contributed by atoms with Crippen molar-refractivity contribution in [3.8, 4) is 0 Å². The lowest BCUT2D eigenvalue weighted by Gasteiger charge is -2.06. The number of hydrogen-bond acceptors (Lipinski definition) is 3. The Balaban J connectivity index is 2.82. The van der Waals surface area contributed by atoms with Gasteiger partial charge in [-0.25, -0.2) is 0 Å². The van der Waals surface area contributed by atoms with E-state index in [0.717, 1.165) is 0 Å². The smallest absolute Gasteiger partial charge is 0.269 e. The van der Waals surface area contributed by atoms with Crippen molar-refractivity contribution in [1.82, 2.24) is 0 Å². The zero-order valence-electron chi connectivity index (χ0n) is 7.59. The third-order valence-corrected chi connectivity index (χ3v) is 1.88. The molecule has 0 aliphatic heterocycles. The van der Waals surface area contributed by atoms with Gasteiger partial charge >= 0.3 is 0 Å². The summed E-state index contributed by atoms with van der Waals surface area (Å²) in [6, 6.07) is 5.85. The first-order chi connectivity index (χ1) is 6.65.